The average Bonchev–Trinajstić information content (AvgIpc) is 2.37. The molecule has 1 amide bonds. The first-order chi connectivity index (χ1) is 8.88. The molecule has 1 aromatic rings. The quantitative estimate of drug-likeness (QED) is 0.512. The highest BCUT2D eigenvalue weighted by molar-refractivity contribution is 6.34. The predicted molar refractivity (Wildman–Crippen MR) is 74.4 cm³/mol. The molecule has 2 N–H and O–H groups in total. The van der Waals surface area contributed by atoms with E-state index in [9.17, 15) is 14.9 Å². The lowest BCUT2D eigenvalue weighted by atomic mass is 10.1. The van der Waals surface area contributed by atoms with Crippen molar-refractivity contribution >= 4 is 28.9 Å². The molecule has 0 aliphatic heterocycles. The van der Waals surface area contributed by atoms with E-state index in [1.165, 1.54) is 11.0 Å². The summed E-state index contributed by atoms with van der Waals surface area (Å²) in [7, 11) is 1.65. The first-order valence-electron chi connectivity index (χ1n) is 5.87. The van der Waals surface area contributed by atoms with Crippen LogP contribution in [-0.2, 0) is 0 Å². The number of rotatable bonds is 5. The monoisotopic (exact) mass is 285 g/mol. The van der Waals surface area contributed by atoms with Gasteiger partial charge < -0.3 is 10.6 Å². The van der Waals surface area contributed by atoms with Crippen LogP contribution in [0.3, 0.4) is 0 Å². The largest absolute Gasteiger partial charge is 0.392 e. The molecule has 0 heterocycles. The molecular formula is C12H16ClN3O3. The van der Waals surface area contributed by atoms with E-state index in [-0.39, 0.29) is 27.9 Å². The molecule has 0 radical (unpaired) electrons. The predicted octanol–water partition coefficient (Wildman–Crippen LogP) is 2.70. The smallest absolute Gasteiger partial charge is 0.294 e. The van der Waals surface area contributed by atoms with E-state index in [1.807, 2.05) is 6.92 Å². The van der Waals surface area contributed by atoms with Crippen molar-refractivity contribution in [3.8, 4) is 0 Å². The van der Waals surface area contributed by atoms with Crippen molar-refractivity contribution in [3.05, 3.63) is 32.8 Å². The van der Waals surface area contributed by atoms with Gasteiger partial charge in [-0.1, -0.05) is 24.9 Å². The Morgan fingerprint density at radius 2 is 2.16 bits per heavy atom. The molecule has 0 unspecified atom stereocenters. The van der Waals surface area contributed by atoms with Crippen LogP contribution in [0.25, 0.3) is 0 Å². The molecule has 104 valence electrons. The van der Waals surface area contributed by atoms with Crippen LogP contribution in [0.15, 0.2) is 12.1 Å². The number of amides is 1. The first-order valence-corrected chi connectivity index (χ1v) is 6.25. The van der Waals surface area contributed by atoms with Gasteiger partial charge in [-0.25, -0.2) is 0 Å². The fraction of sp³-hybridized carbons (Fsp3) is 0.417. The number of anilines is 1. The number of nitrogens with two attached hydrogens (primary N) is 1. The van der Waals surface area contributed by atoms with Gasteiger partial charge in [0, 0.05) is 25.2 Å². The maximum atomic E-state index is 12.1. The van der Waals surface area contributed by atoms with Crippen molar-refractivity contribution in [2.24, 2.45) is 0 Å². The molecule has 0 spiro atoms. The molecule has 7 heteroatoms. The normalized spacial score (nSPS) is 10.3. The number of nitrogens with zero attached hydrogens (tertiary/aromatic N) is 2. The topological polar surface area (TPSA) is 89.5 Å². The summed E-state index contributed by atoms with van der Waals surface area (Å²) in [4.78, 5) is 23.8. The van der Waals surface area contributed by atoms with E-state index < -0.39 is 4.92 Å². The number of benzene rings is 1. The second-order valence-electron chi connectivity index (χ2n) is 4.23. The minimum Gasteiger partial charge on any atom is -0.392 e. The van der Waals surface area contributed by atoms with Gasteiger partial charge in [-0.2, -0.15) is 0 Å². The third kappa shape index (κ3) is 3.57. The summed E-state index contributed by atoms with van der Waals surface area (Å²) in [5.41, 5.74) is 5.21. The second-order valence-corrected chi connectivity index (χ2v) is 4.64. The van der Waals surface area contributed by atoms with Crippen molar-refractivity contribution in [3.63, 3.8) is 0 Å². The zero-order valence-electron chi connectivity index (χ0n) is 10.9. The Morgan fingerprint density at radius 1 is 1.53 bits per heavy atom. The number of halogens is 1. The SMILES string of the molecule is CCCCN(C)C(=O)c1cc(Cl)c(N)c([N+](=O)[O-])c1. The van der Waals surface area contributed by atoms with Crippen LogP contribution in [0.5, 0.6) is 0 Å². The third-order valence-electron chi connectivity index (χ3n) is 2.75. The number of unbranched alkanes of at least 4 members (excludes halogenated alkanes) is 1. The summed E-state index contributed by atoms with van der Waals surface area (Å²) < 4.78 is 0. The second kappa shape index (κ2) is 6.38. The van der Waals surface area contributed by atoms with E-state index in [0.717, 1.165) is 18.9 Å². The van der Waals surface area contributed by atoms with Crippen molar-refractivity contribution in [1.29, 1.82) is 0 Å². The number of hydrogen-bond acceptors (Lipinski definition) is 4. The fourth-order valence-corrected chi connectivity index (χ4v) is 1.81. The summed E-state index contributed by atoms with van der Waals surface area (Å²) in [6, 6.07) is 2.51. The van der Waals surface area contributed by atoms with Crippen LogP contribution in [-0.4, -0.2) is 29.3 Å². The van der Waals surface area contributed by atoms with Crippen LogP contribution >= 0.6 is 11.6 Å². The zero-order valence-corrected chi connectivity index (χ0v) is 11.6. The molecule has 0 fully saturated rings. The highest BCUT2D eigenvalue weighted by atomic mass is 35.5. The number of carbonyl (C=O) groups is 1. The Labute approximate surface area is 116 Å². The van der Waals surface area contributed by atoms with Crippen LogP contribution in [0.4, 0.5) is 11.4 Å². The highest BCUT2D eigenvalue weighted by Crippen LogP contribution is 2.31. The average molecular weight is 286 g/mol. The van der Waals surface area contributed by atoms with Gasteiger partial charge in [-0.3, -0.25) is 14.9 Å². The van der Waals surface area contributed by atoms with E-state index in [0.29, 0.717) is 6.54 Å². The zero-order chi connectivity index (χ0) is 14.6. The van der Waals surface area contributed by atoms with E-state index in [4.69, 9.17) is 17.3 Å². The maximum Gasteiger partial charge on any atom is 0.294 e. The summed E-state index contributed by atoms with van der Waals surface area (Å²) in [6.07, 6.45) is 1.83. The molecule has 0 aliphatic rings. The van der Waals surface area contributed by atoms with E-state index in [2.05, 4.69) is 0 Å². The standard InChI is InChI=1S/C12H16ClN3O3/c1-3-4-5-15(2)12(17)8-6-9(13)11(14)10(7-8)16(18)19/h6-7H,3-5,14H2,1-2H3. The molecular weight excluding hydrogens is 270 g/mol. The van der Waals surface area contributed by atoms with Crippen molar-refractivity contribution < 1.29 is 9.72 Å². The van der Waals surface area contributed by atoms with E-state index in [1.54, 1.807) is 7.05 Å². The van der Waals surface area contributed by atoms with Crippen molar-refractivity contribution in [1.82, 2.24) is 4.90 Å². The minimum absolute atomic E-state index is 0.0152. The summed E-state index contributed by atoms with van der Waals surface area (Å²) in [5.74, 6) is -0.307. The van der Waals surface area contributed by atoms with Crippen molar-refractivity contribution in [2.75, 3.05) is 19.3 Å². The van der Waals surface area contributed by atoms with Crippen molar-refractivity contribution in [2.45, 2.75) is 19.8 Å². The summed E-state index contributed by atoms with van der Waals surface area (Å²) >= 11 is 5.82. The number of nitro groups is 1. The Bertz CT molecular complexity index is 505. The number of nitro benzene ring substituents is 1. The van der Waals surface area contributed by atoms with Gasteiger partial charge in [0.15, 0.2) is 0 Å². The van der Waals surface area contributed by atoms with Crippen LogP contribution in [0.1, 0.15) is 30.1 Å². The molecule has 1 rings (SSSR count). The van der Waals surface area contributed by atoms with Crippen LogP contribution in [0, 0.1) is 10.1 Å². The summed E-state index contributed by atoms with van der Waals surface area (Å²) in [6.45, 7) is 2.61. The number of nitrogen functional groups attached to an aromatic ring is 1. The Balaban J connectivity index is 3.07. The highest BCUT2D eigenvalue weighted by Gasteiger charge is 2.20. The van der Waals surface area contributed by atoms with Gasteiger partial charge in [-0.15, -0.1) is 0 Å². The lowest BCUT2D eigenvalue weighted by Crippen LogP contribution is -2.27. The van der Waals surface area contributed by atoms with E-state index >= 15 is 0 Å². The molecule has 1 aromatic carbocycles. The van der Waals surface area contributed by atoms with Gasteiger partial charge in [0.05, 0.1) is 9.95 Å². The van der Waals surface area contributed by atoms with Gasteiger partial charge >= 0.3 is 0 Å². The molecule has 0 saturated heterocycles. The van der Waals surface area contributed by atoms with Gasteiger partial charge in [0.1, 0.15) is 5.69 Å². The molecule has 0 aliphatic carbocycles. The minimum atomic E-state index is -0.649. The Hall–Kier alpha value is -1.82. The van der Waals surface area contributed by atoms with Gasteiger partial charge in [-0.05, 0) is 12.5 Å². The fourth-order valence-electron chi connectivity index (χ4n) is 1.60. The Kier molecular flexibility index (Phi) is 5.11. The molecule has 0 atom stereocenters. The Morgan fingerprint density at radius 3 is 2.68 bits per heavy atom. The lowest BCUT2D eigenvalue weighted by molar-refractivity contribution is -0.383. The number of carbonyl (C=O) groups excluding carboxylic acids is 1. The van der Waals surface area contributed by atoms with Gasteiger partial charge in [0.25, 0.3) is 11.6 Å². The number of hydrogen-bond donors (Lipinski definition) is 1. The molecule has 6 nitrogen and oxygen atoms in total. The van der Waals surface area contributed by atoms with Crippen LogP contribution in [0.2, 0.25) is 5.02 Å². The molecule has 0 bridgehead atoms. The first kappa shape index (κ1) is 15.2. The molecule has 0 aromatic heterocycles. The summed E-state index contributed by atoms with van der Waals surface area (Å²) in [5, 5.41) is 10.8. The maximum absolute atomic E-state index is 12.1. The third-order valence-corrected chi connectivity index (χ3v) is 3.06. The lowest BCUT2D eigenvalue weighted by Gasteiger charge is -2.17. The van der Waals surface area contributed by atoms with Gasteiger partial charge in [0.2, 0.25) is 0 Å². The molecule has 0 saturated carbocycles. The van der Waals surface area contributed by atoms with Crippen LogP contribution < -0.4 is 5.73 Å². The molecule has 19 heavy (non-hydrogen) atoms.